The van der Waals surface area contributed by atoms with Crippen LogP contribution in [0.2, 0.25) is 5.02 Å². The third kappa shape index (κ3) is 6.91. The van der Waals surface area contributed by atoms with Crippen LogP contribution in [0.4, 0.5) is 0 Å². The van der Waals surface area contributed by atoms with Crippen LogP contribution in [0.1, 0.15) is 27.8 Å². The molecule has 3 aromatic rings. The van der Waals surface area contributed by atoms with Crippen LogP contribution in [0.25, 0.3) is 0 Å². The quantitative estimate of drug-likeness (QED) is 0.288. The summed E-state index contributed by atoms with van der Waals surface area (Å²) in [5, 5.41) is 14.3. The molecule has 7 nitrogen and oxygen atoms in total. The van der Waals surface area contributed by atoms with Crippen molar-refractivity contribution in [3.63, 3.8) is 0 Å². The first-order valence-corrected chi connectivity index (χ1v) is 13.2. The number of nitrogens with one attached hydrogen (secondary N) is 1. The first-order valence-electron chi connectivity index (χ1n) is 10.6. The van der Waals surface area contributed by atoms with Crippen LogP contribution in [-0.4, -0.2) is 36.5 Å². The number of amides is 1. The molecule has 0 aromatic heterocycles. The number of benzene rings is 3. The van der Waals surface area contributed by atoms with Gasteiger partial charge in [0.1, 0.15) is 5.75 Å². The molecule has 2 N–H and O–H groups in total. The summed E-state index contributed by atoms with van der Waals surface area (Å²) in [6, 6.07) is 15.1. The lowest BCUT2D eigenvalue weighted by atomic mass is 10.1. The van der Waals surface area contributed by atoms with E-state index in [2.05, 4.69) is 26.5 Å². The molecule has 10 heteroatoms. The van der Waals surface area contributed by atoms with Crippen molar-refractivity contribution in [1.29, 1.82) is 0 Å². The Kier molecular flexibility index (Phi) is 8.71. The summed E-state index contributed by atoms with van der Waals surface area (Å²) in [5.74, 6) is -0.640. The topological polar surface area (TPSA) is 99.1 Å². The van der Waals surface area contributed by atoms with Crippen LogP contribution >= 0.6 is 27.5 Å². The molecule has 0 saturated heterocycles. The number of rotatable bonds is 8. The third-order valence-electron chi connectivity index (χ3n) is 5.18. The first-order chi connectivity index (χ1) is 16.5. The SMILES string of the molecule is Cc1cc(C)c(S(=O)(=O)N(CC(=O)N/N=C/c2cc(Br)ccc2O)Cc2ccc(Cl)cc2)c(C)c1. The Labute approximate surface area is 218 Å². The van der Waals surface area contributed by atoms with Gasteiger partial charge < -0.3 is 5.11 Å². The van der Waals surface area contributed by atoms with Gasteiger partial charge in [-0.2, -0.15) is 9.41 Å². The predicted molar refractivity (Wildman–Crippen MR) is 141 cm³/mol. The fraction of sp³-hybridized carbons (Fsp3) is 0.200. The Balaban J connectivity index is 1.88. The molecular weight excluding hydrogens is 554 g/mol. The van der Waals surface area contributed by atoms with E-state index in [-0.39, 0.29) is 17.2 Å². The molecule has 0 unspecified atom stereocenters. The largest absolute Gasteiger partial charge is 0.507 e. The monoisotopic (exact) mass is 577 g/mol. The number of halogens is 2. The van der Waals surface area contributed by atoms with Crippen LogP contribution in [0.15, 0.2) is 69.1 Å². The highest BCUT2D eigenvalue weighted by Gasteiger charge is 2.30. The lowest BCUT2D eigenvalue weighted by molar-refractivity contribution is -0.121. The molecule has 0 fully saturated rings. The lowest BCUT2D eigenvalue weighted by Gasteiger charge is -2.24. The molecule has 0 spiro atoms. The number of phenolic OH excluding ortho intramolecular Hbond substituents is 1. The van der Waals surface area contributed by atoms with Crippen molar-refractivity contribution in [3.05, 3.63) is 91.9 Å². The van der Waals surface area contributed by atoms with E-state index in [4.69, 9.17) is 11.6 Å². The van der Waals surface area contributed by atoms with Gasteiger partial charge in [0, 0.05) is 21.6 Å². The minimum Gasteiger partial charge on any atom is -0.507 e. The summed E-state index contributed by atoms with van der Waals surface area (Å²) in [6.07, 6.45) is 1.28. The van der Waals surface area contributed by atoms with Crippen LogP contribution in [0.3, 0.4) is 0 Å². The number of nitrogens with zero attached hydrogens (tertiary/aromatic N) is 2. The molecule has 184 valence electrons. The van der Waals surface area contributed by atoms with Crippen LogP contribution in [0.5, 0.6) is 5.75 Å². The minimum atomic E-state index is -4.03. The second-order valence-electron chi connectivity index (χ2n) is 8.12. The van der Waals surface area contributed by atoms with Crippen molar-refractivity contribution in [1.82, 2.24) is 9.73 Å². The van der Waals surface area contributed by atoms with E-state index in [1.54, 1.807) is 62.4 Å². The highest BCUT2D eigenvalue weighted by atomic mass is 79.9. The van der Waals surface area contributed by atoms with Gasteiger partial charge in [-0.15, -0.1) is 0 Å². The Morgan fingerprint density at radius 2 is 1.71 bits per heavy atom. The maximum Gasteiger partial charge on any atom is 0.255 e. The summed E-state index contributed by atoms with van der Waals surface area (Å²) in [7, 11) is -4.03. The highest BCUT2D eigenvalue weighted by Crippen LogP contribution is 2.27. The van der Waals surface area contributed by atoms with Gasteiger partial charge >= 0.3 is 0 Å². The Bertz CT molecular complexity index is 1350. The molecule has 0 heterocycles. The summed E-state index contributed by atoms with van der Waals surface area (Å²) >= 11 is 9.27. The smallest absolute Gasteiger partial charge is 0.255 e. The molecule has 0 saturated carbocycles. The fourth-order valence-electron chi connectivity index (χ4n) is 3.72. The molecule has 0 bridgehead atoms. The Morgan fingerprint density at radius 3 is 2.34 bits per heavy atom. The zero-order chi connectivity index (χ0) is 25.8. The number of aromatic hydroxyl groups is 1. The minimum absolute atomic E-state index is 0.0107. The van der Waals surface area contributed by atoms with Gasteiger partial charge in [-0.1, -0.05) is 57.4 Å². The maximum absolute atomic E-state index is 13.7. The Morgan fingerprint density at radius 1 is 1.09 bits per heavy atom. The van der Waals surface area contributed by atoms with Gasteiger partial charge in [-0.3, -0.25) is 4.79 Å². The molecule has 0 radical (unpaired) electrons. The number of carbonyl (C=O) groups excluding carboxylic acids is 1. The van der Waals surface area contributed by atoms with E-state index in [0.717, 1.165) is 14.3 Å². The van der Waals surface area contributed by atoms with Crippen LogP contribution in [0, 0.1) is 20.8 Å². The molecule has 3 aromatic carbocycles. The van der Waals surface area contributed by atoms with Crippen molar-refractivity contribution < 1.29 is 18.3 Å². The van der Waals surface area contributed by atoms with E-state index in [9.17, 15) is 18.3 Å². The summed E-state index contributed by atoms with van der Waals surface area (Å²) in [5.41, 5.74) is 5.56. The summed E-state index contributed by atoms with van der Waals surface area (Å²) < 4.78 is 29.3. The standard InChI is InChI=1S/C25H25BrClN3O4S/c1-16-10-17(2)25(18(3)11-16)35(33,34)30(14-19-4-7-22(27)8-5-19)15-24(32)29-28-13-20-12-21(26)6-9-23(20)31/h4-13,31H,14-15H2,1-3H3,(H,29,32)/b28-13+. The van der Waals surface area contributed by atoms with Crippen molar-refractivity contribution in [2.45, 2.75) is 32.2 Å². The number of carbonyl (C=O) groups is 1. The van der Waals surface area contributed by atoms with Crippen LogP contribution < -0.4 is 5.43 Å². The van der Waals surface area contributed by atoms with E-state index < -0.39 is 22.5 Å². The van der Waals surface area contributed by atoms with Gasteiger partial charge in [-0.25, -0.2) is 13.8 Å². The average molecular weight is 579 g/mol. The second-order valence-corrected chi connectivity index (χ2v) is 11.4. The molecule has 1 amide bonds. The van der Waals surface area contributed by atoms with Crippen molar-refractivity contribution in [2.24, 2.45) is 5.10 Å². The zero-order valence-electron chi connectivity index (χ0n) is 19.4. The number of phenols is 1. The molecule has 0 aliphatic rings. The number of sulfonamides is 1. The van der Waals surface area contributed by atoms with Crippen molar-refractivity contribution >= 4 is 49.7 Å². The van der Waals surface area contributed by atoms with E-state index in [1.807, 2.05) is 6.92 Å². The fourth-order valence-corrected chi connectivity index (χ4v) is 6.02. The maximum atomic E-state index is 13.7. The molecule has 0 aliphatic heterocycles. The zero-order valence-corrected chi connectivity index (χ0v) is 22.6. The number of hydrogen-bond acceptors (Lipinski definition) is 5. The van der Waals surface area contributed by atoms with Crippen LogP contribution in [-0.2, 0) is 21.4 Å². The van der Waals surface area contributed by atoms with Crippen molar-refractivity contribution in [2.75, 3.05) is 6.54 Å². The van der Waals surface area contributed by atoms with Crippen molar-refractivity contribution in [3.8, 4) is 5.75 Å². The molecule has 3 rings (SSSR count). The summed E-state index contributed by atoms with van der Waals surface area (Å²) in [4.78, 5) is 12.9. The van der Waals surface area contributed by atoms with Gasteiger partial charge in [0.2, 0.25) is 10.0 Å². The third-order valence-corrected chi connectivity index (χ3v) is 8.02. The van der Waals surface area contributed by atoms with Gasteiger partial charge in [0.25, 0.3) is 5.91 Å². The summed E-state index contributed by atoms with van der Waals surface area (Å²) in [6.45, 7) is 4.89. The normalized spacial score (nSPS) is 11.8. The predicted octanol–water partition coefficient (Wildman–Crippen LogP) is 5.07. The number of hydrogen-bond donors (Lipinski definition) is 2. The van der Waals surface area contributed by atoms with E-state index in [0.29, 0.717) is 27.3 Å². The number of hydrazone groups is 1. The first kappa shape index (κ1) is 26.9. The average Bonchev–Trinajstić information content (AvgIpc) is 2.76. The lowest BCUT2D eigenvalue weighted by Crippen LogP contribution is -2.39. The molecular formula is C25H25BrClN3O4S. The van der Waals surface area contributed by atoms with Gasteiger partial charge in [0.15, 0.2) is 0 Å². The Hall–Kier alpha value is -2.72. The highest BCUT2D eigenvalue weighted by molar-refractivity contribution is 9.10. The molecule has 0 atom stereocenters. The molecule has 0 aliphatic carbocycles. The van der Waals surface area contributed by atoms with Gasteiger partial charge in [-0.05, 0) is 67.8 Å². The second kappa shape index (κ2) is 11.3. The number of aryl methyl sites for hydroxylation is 3. The molecule has 35 heavy (non-hydrogen) atoms. The van der Waals surface area contributed by atoms with Gasteiger partial charge in [0.05, 0.1) is 17.7 Å². The van der Waals surface area contributed by atoms with E-state index in [1.165, 1.54) is 12.3 Å². The van der Waals surface area contributed by atoms with E-state index >= 15 is 0 Å².